The van der Waals surface area contributed by atoms with Crippen LogP contribution in [0.2, 0.25) is 0 Å². The van der Waals surface area contributed by atoms with E-state index < -0.39 is 5.60 Å². The number of pyridine rings is 1. The van der Waals surface area contributed by atoms with Crippen molar-refractivity contribution in [3.63, 3.8) is 0 Å². The van der Waals surface area contributed by atoms with E-state index in [0.29, 0.717) is 5.92 Å². The summed E-state index contributed by atoms with van der Waals surface area (Å²) in [5, 5.41) is 4.22. The zero-order chi connectivity index (χ0) is 16.4. The molecule has 0 radical (unpaired) electrons. The van der Waals surface area contributed by atoms with E-state index in [9.17, 15) is 4.79 Å². The number of nitrogens with one attached hydrogen (secondary N) is 2. The van der Waals surface area contributed by atoms with Crippen molar-refractivity contribution < 1.29 is 9.53 Å². The highest BCUT2D eigenvalue weighted by molar-refractivity contribution is 5.80. The molecular weight excluding hydrogens is 290 g/mol. The summed E-state index contributed by atoms with van der Waals surface area (Å²) in [5.41, 5.74) is 1.86. The first-order valence-corrected chi connectivity index (χ1v) is 8.34. The smallest absolute Gasteiger partial charge is 0.407 e. The largest absolute Gasteiger partial charge is 0.444 e. The summed E-state index contributed by atoms with van der Waals surface area (Å²) in [5.74, 6) is 0.532. The molecule has 0 bridgehead atoms. The van der Waals surface area contributed by atoms with Crippen LogP contribution in [0, 0.1) is 0 Å². The summed E-state index contributed by atoms with van der Waals surface area (Å²) in [6.45, 7) is 5.65. The number of nitrogens with zero attached hydrogens (tertiary/aromatic N) is 1. The van der Waals surface area contributed by atoms with Gasteiger partial charge >= 0.3 is 6.09 Å². The monoisotopic (exact) mass is 315 g/mol. The van der Waals surface area contributed by atoms with E-state index in [-0.39, 0.29) is 12.1 Å². The van der Waals surface area contributed by atoms with Gasteiger partial charge in [-0.3, -0.25) is 0 Å². The molecule has 0 aromatic carbocycles. The van der Waals surface area contributed by atoms with Crippen molar-refractivity contribution in [2.45, 2.75) is 64.0 Å². The molecule has 1 fully saturated rings. The van der Waals surface area contributed by atoms with Gasteiger partial charge < -0.3 is 15.0 Å². The number of amides is 1. The molecule has 124 valence electrons. The highest BCUT2D eigenvalue weighted by Crippen LogP contribution is 2.36. The Hall–Kier alpha value is -2.04. The Morgan fingerprint density at radius 1 is 1.30 bits per heavy atom. The lowest BCUT2D eigenvalue weighted by Gasteiger charge is -2.30. The Morgan fingerprint density at radius 2 is 2.04 bits per heavy atom. The lowest BCUT2D eigenvalue weighted by molar-refractivity contribution is 0.0491. The number of hydrogen-bond acceptors (Lipinski definition) is 3. The summed E-state index contributed by atoms with van der Waals surface area (Å²) in [6.07, 6.45) is 7.70. The third-order valence-electron chi connectivity index (χ3n) is 4.37. The van der Waals surface area contributed by atoms with Crippen LogP contribution >= 0.6 is 0 Å². The number of aromatic amines is 1. The molecule has 0 spiro atoms. The molecule has 1 saturated carbocycles. The van der Waals surface area contributed by atoms with Crippen molar-refractivity contribution >= 4 is 17.1 Å². The van der Waals surface area contributed by atoms with Gasteiger partial charge in [0.15, 0.2) is 0 Å². The third kappa shape index (κ3) is 3.84. The van der Waals surface area contributed by atoms with Crippen LogP contribution in [0.15, 0.2) is 24.5 Å². The maximum atomic E-state index is 11.9. The second-order valence-corrected chi connectivity index (χ2v) is 7.34. The molecule has 3 rings (SSSR count). The van der Waals surface area contributed by atoms with E-state index in [1.165, 1.54) is 10.9 Å². The van der Waals surface area contributed by atoms with E-state index in [1.807, 2.05) is 33.0 Å². The SMILES string of the molecule is CC(C)(C)OC(=O)NC1CCC(c2c[nH]c3ncccc23)CC1. The number of fused-ring (bicyclic) bond motifs is 1. The summed E-state index contributed by atoms with van der Waals surface area (Å²) >= 11 is 0. The predicted molar refractivity (Wildman–Crippen MR) is 90.5 cm³/mol. The summed E-state index contributed by atoms with van der Waals surface area (Å²) in [7, 11) is 0. The average Bonchev–Trinajstić information content (AvgIpc) is 2.90. The fraction of sp³-hybridized carbons (Fsp3) is 0.556. The van der Waals surface area contributed by atoms with Crippen LogP contribution in [0.25, 0.3) is 11.0 Å². The first-order chi connectivity index (χ1) is 10.9. The van der Waals surface area contributed by atoms with Gasteiger partial charge in [0.1, 0.15) is 11.2 Å². The molecule has 23 heavy (non-hydrogen) atoms. The second kappa shape index (κ2) is 6.22. The van der Waals surface area contributed by atoms with E-state index in [1.54, 1.807) is 0 Å². The third-order valence-corrected chi connectivity index (χ3v) is 4.37. The van der Waals surface area contributed by atoms with Crippen LogP contribution in [0.4, 0.5) is 4.79 Å². The predicted octanol–water partition coefficient (Wildman–Crippen LogP) is 4.11. The first-order valence-electron chi connectivity index (χ1n) is 8.34. The Kier molecular flexibility index (Phi) is 4.28. The standard InChI is InChI=1S/C18H25N3O2/c1-18(2,3)23-17(22)21-13-8-6-12(7-9-13)15-11-20-16-14(15)5-4-10-19-16/h4-5,10-13H,6-9H2,1-3H3,(H,19,20)(H,21,22). The van der Waals surface area contributed by atoms with Crippen molar-refractivity contribution in [2.24, 2.45) is 0 Å². The van der Waals surface area contributed by atoms with Gasteiger partial charge in [0.2, 0.25) is 0 Å². The number of rotatable bonds is 2. The minimum Gasteiger partial charge on any atom is -0.444 e. The van der Waals surface area contributed by atoms with Crippen LogP contribution in [0.5, 0.6) is 0 Å². The summed E-state index contributed by atoms with van der Waals surface area (Å²) in [6, 6.07) is 4.32. The first kappa shape index (κ1) is 15.8. The van der Waals surface area contributed by atoms with Gasteiger partial charge in [0.05, 0.1) is 0 Å². The molecular formula is C18H25N3O2. The van der Waals surface area contributed by atoms with E-state index in [0.717, 1.165) is 31.3 Å². The van der Waals surface area contributed by atoms with E-state index >= 15 is 0 Å². The van der Waals surface area contributed by atoms with Crippen molar-refractivity contribution in [3.05, 3.63) is 30.1 Å². The Bertz CT molecular complexity index is 679. The molecule has 2 aromatic rings. The fourth-order valence-corrected chi connectivity index (χ4v) is 3.34. The summed E-state index contributed by atoms with van der Waals surface area (Å²) in [4.78, 5) is 19.5. The Balaban J connectivity index is 1.57. The quantitative estimate of drug-likeness (QED) is 0.876. The number of alkyl carbamates (subject to hydrolysis) is 1. The fourth-order valence-electron chi connectivity index (χ4n) is 3.34. The van der Waals surface area contributed by atoms with Crippen molar-refractivity contribution in [3.8, 4) is 0 Å². The van der Waals surface area contributed by atoms with Gasteiger partial charge in [0, 0.05) is 23.8 Å². The van der Waals surface area contributed by atoms with Gasteiger partial charge in [-0.25, -0.2) is 9.78 Å². The van der Waals surface area contributed by atoms with Gasteiger partial charge in [-0.2, -0.15) is 0 Å². The van der Waals surface area contributed by atoms with E-state index in [2.05, 4.69) is 27.5 Å². The topological polar surface area (TPSA) is 67.0 Å². The lowest BCUT2D eigenvalue weighted by atomic mass is 9.82. The minimum absolute atomic E-state index is 0.212. The van der Waals surface area contributed by atoms with Crippen molar-refractivity contribution in [1.82, 2.24) is 15.3 Å². The second-order valence-electron chi connectivity index (χ2n) is 7.34. The molecule has 2 heterocycles. The highest BCUT2D eigenvalue weighted by Gasteiger charge is 2.26. The zero-order valence-electron chi connectivity index (χ0n) is 14.1. The molecule has 2 aromatic heterocycles. The van der Waals surface area contributed by atoms with Gasteiger partial charge in [-0.1, -0.05) is 0 Å². The van der Waals surface area contributed by atoms with Crippen LogP contribution in [0.3, 0.4) is 0 Å². The zero-order valence-corrected chi connectivity index (χ0v) is 14.1. The maximum Gasteiger partial charge on any atom is 0.407 e. The number of ether oxygens (including phenoxy) is 1. The van der Waals surface area contributed by atoms with Crippen LogP contribution in [-0.4, -0.2) is 27.7 Å². The van der Waals surface area contributed by atoms with E-state index in [4.69, 9.17) is 4.74 Å². The van der Waals surface area contributed by atoms with Crippen LogP contribution in [0.1, 0.15) is 57.9 Å². The average molecular weight is 315 g/mol. The molecule has 1 aliphatic carbocycles. The van der Waals surface area contributed by atoms with Crippen molar-refractivity contribution in [2.75, 3.05) is 0 Å². The van der Waals surface area contributed by atoms with Gasteiger partial charge in [-0.05, 0) is 70.1 Å². The summed E-state index contributed by atoms with van der Waals surface area (Å²) < 4.78 is 5.33. The highest BCUT2D eigenvalue weighted by atomic mass is 16.6. The maximum absolute atomic E-state index is 11.9. The normalized spacial score (nSPS) is 22.0. The Labute approximate surface area is 136 Å². The number of carbonyl (C=O) groups excluding carboxylic acids is 1. The molecule has 2 N–H and O–H groups in total. The van der Waals surface area contributed by atoms with Gasteiger partial charge in [0.25, 0.3) is 0 Å². The number of carbonyl (C=O) groups is 1. The Morgan fingerprint density at radius 3 is 2.74 bits per heavy atom. The van der Waals surface area contributed by atoms with Crippen molar-refractivity contribution in [1.29, 1.82) is 0 Å². The van der Waals surface area contributed by atoms with Crippen LogP contribution < -0.4 is 5.32 Å². The molecule has 0 unspecified atom stereocenters. The minimum atomic E-state index is -0.446. The number of hydrogen-bond donors (Lipinski definition) is 2. The van der Waals surface area contributed by atoms with Crippen LogP contribution in [-0.2, 0) is 4.74 Å². The van der Waals surface area contributed by atoms with Gasteiger partial charge in [-0.15, -0.1) is 0 Å². The molecule has 5 heteroatoms. The molecule has 0 aliphatic heterocycles. The lowest BCUT2D eigenvalue weighted by Crippen LogP contribution is -2.40. The molecule has 0 atom stereocenters. The molecule has 5 nitrogen and oxygen atoms in total. The molecule has 1 amide bonds. The number of H-pyrrole nitrogens is 1. The molecule has 0 saturated heterocycles. The number of aromatic nitrogens is 2. The molecule has 1 aliphatic rings.